The lowest BCUT2D eigenvalue weighted by atomic mass is 10.1. The van der Waals surface area contributed by atoms with E-state index in [1.807, 2.05) is 34.6 Å². The van der Waals surface area contributed by atoms with E-state index in [1.54, 1.807) is 11.9 Å². The van der Waals surface area contributed by atoms with E-state index < -0.39 is 5.60 Å². The largest absolute Gasteiger partial charge is 0.444 e. The molecule has 0 radical (unpaired) electrons. The number of hydrogen-bond acceptors (Lipinski definition) is 5. The molecule has 0 bridgehead atoms. The van der Waals surface area contributed by atoms with Crippen LogP contribution < -0.4 is 10.6 Å². The molecule has 1 amide bonds. The van der Waals surface area contributed by atoms with Crippen molar-refractivity contribution in [1.82, 2.24) is 20.7 Å². The van der Waals surface area contributed by atoms with Gasteiger partial charge in [-0.25, -0.2) is 4.79 Å². The molecule has 0 aromatic carbocycles. The summed E-state index contributed by atoms with van der Waals surface area (Å²) in [6, 6.07) is 0. The van der Waals surface area contributed by atoms with Crippen molar-refractivity contribution >= 4 is 36.0 Å². The van der Waals surface area contributed by atoms with Crippen molar-refractivity contribution in [3.63, 3.8) is 0 Å². The van der Waals surface area contributed by atoms with Crippen LogP contribution in [0.3, 0.4) is 0 Å². The number of rotatable bonds is 8. The Balaban J connectivity index is 0.00000729. The first kappa shape index (κ1) is 26.5. The predicted octanol–water partition coefficient (Wildman–Crippen LogP) is 3.34. The molecule has 0 unspecified atom stereocenters. The third kappa shape index (κ3) is 8.66. The van der Waals surface area contributed by atoms with E-state index in [9.17, 15) is 4.79 Å². The van der Waals surface area contributed by atoms with Gasteiger partial charge in [-0.2, -0.15) is 0 Å². The van der Waals surface area contributed by atoms with Gasteiger partial charge in [0.25, 0.3) is 0 Å². The third-order valence-electron chi connectivity index (χ3n) is 3.97. The van der Waals surface area contributed by atoms with Gasteiger partial charge in [0, 0.05) is 45.2 Å². The lowest BCUT2D eigenvalue weighted by Gasteiger charge is -2.26. The molecule has 9 heteroatoms. The Hall–Kier alpha value is -1.52. The SMILES string of the molecule is CCc1noc(CC)c1CNC(=NC)NCCN(CC)C(=O)OC(C)(C)C.I. The molecule has 8 nitrogen and oxygen atoms in total. The molecule has 1 heterocycles. The van der Waals surface area contributed by atoms with Gasteiger partial charge in [-0.3, -0.25) is 4.99 Å². The second-order valence-electron chi connectivity index (χ2n) is 7.15. The smallest absolute Gasteiger partial charge is 0.410 e. The van der Waals surface area contributed by atoms with Crippen LogP contribution in [0.5, 0.6) is 0 Å². The van der Waals surface area contributed by atoms with Crippen LogP contribution in [0.15, 0.2) is 9.52 Å². The Morgan fingerprint density at radius 2 is 1.89 bits per heavy atom. The van der Waals surface area contributed by atoms with Gasteiger partial charge >= 0.3 is 6.09 Å². The number of likely N-dealkylation sites (N-methyl/N-ethyl adjacent to an activating group) is 1. The lowest BCUT2D eigenvalue weighted by molar-refractivity contribution is 0.0264. The van der Waals surface area contributed by atoms with Gasteiger partial charge in [-0.05, 0) is 34.1 Å². The van der Waals surface area contributed by atoms with Gasteiger partial charge in [0.1, 0.15) is 11.4 Å². The Morgan fingerprint density at radius 3 is 2.39 bits per heavy atom. The van der Waals surface area contributed by atoms with E-state index in [2.05, 4.69) is 27.7 Å². The average molecular weight is 509 g/mol. The fourth-order valence-corrected chi connectivity index (χ4v) is 2.54. The maximum atomic E-state index is 12.2. The highest BCUT2D eigenvalue weighted by molar-refractivity contribution is 14.0. The molecule has 0 spiro atoms. The summed E-state index contributed by atoms with van der Waals surface area (Å²) in [6.07, 6.45) is 1.32. The lowest BCUT2D eigenvalue weighted by Crippen LogP contribution is -2.44. The van der Waals surface area contributed by atoms with Crippen LogP contribution in [0.25, 0.3) is 0 Å². The van der Waals surface area contributed by atoms with Crippen LogP contribution in [0.2, 0.25) is 0 Å². The maximum absolute atomic E-state index is 12.2. The van der Waals surface area contributed by atoms with Crippen LogP contribution in [0.4, 0.5) is 4.79 Å². The molecule has 0 aliphatic carbocycles. The molecule has 28 heavy (non-hydrogen) atoms. The molecular weight excluding hydrogens is 473 g/mol. The van der Waals surface area contributed by atoms with E-state index in [0.717, 1.165) is 29.9 Å². The molecule has 1 rings (SSSR count). The fourth-order valence-electron chi connectivity index (χ4n) is 2.54. The highest BCUT2D eigenvalue weighted by atomic mass is 127. The average Bonchev–Trinajstić information content (AvgIpc) is 3.01. The van der Waals surface area contributed by atoms with Gasteiger partial charge in [-0.1, -0.05) is 19.0 Å². The number of ether oxygens (including phenoxy) is 1. The van der Waals surface area contributed by atoms with E-state index in [-0.39, 0.29) is 30.1 Å². The highest BCUT2D eigenvalue weighted by Gasteiger charge is 2.21. The summed E-state index contributed by atoms with van der Waals surface area (Å²) in [7, 11) is 1.72. The number of aliphatic imine (C=N–C) groups is 1. The monoisotopic (exact) mass is 509 g/mol. The third-order valence-corrected chi connectivity index (χ3v) is 3.97. The van der Waals surface area contributed by atoms with E-state index in [1.165, 1.54) is 0 Å². The molecule has 0 saturated carbocycles. The molecule has 0 aliphatic rings. The zero-order valence-electron chi connectivity index (χ0n) is 18.2. The topological polar surface area (TPSA) is 92.0 Å². The number of halogens is 1. The van der Waals surface area contributed by atoms with Crippen LogP contribution in [0, 0.1) is 0 Å². The van der Waals surface area contributed by atoms with Crippen molar-refractivity contribution in [1.29, 1.82) is 0 Å². The Bertz CT molecular complexity index is 604. The summed E-state index contributed by atoms with van der Waals surface area (Å²) in [4.78, 5) is 18.1. The summed E-state index contributed by atoms with van der Waals surface area (Å²) >= 11 is 0. The van der Waals surface area contributed by atoms with Gasteiger partial charge in [0.2, 0.25) is 0 Å². The van der Waals surface area contributed by atoms with Crippen LogP contribution in [0.1, 0.15) is 58.6 Å². The quantitative estimate of drug-likeness (QED) is 0.317. The molecule has 2 N–H and O–H groups in total. The first-order valence-electron chi connectivity index (χ1n) is 9.64. The number of guanidine groups is 1. The Labute approximate surface area is 185 Å². The minimum Gasteiger partial charge on any atom is -0.444 e. The molecule has 1 aromatic heterocycles. The number of aromatic nitrogens is 1. The number of nitrogens with zero attached hydrogens (tertiary/aromatic N) is 3. The fraction of sp³-hybridized carbons (Fsp3) is 0.737. The Morgan fingerprint density at radius 1 is 1.21 bits per heavy atom. The van der Waals surface area contributed by atoms with Gasteiger partial charge in [-0.15, -0.1) is 24.0 Å². The molecule has 1 aromatic rings. The maximum Gasteiger partial charge on any atom is 0.410 e. The van der Waals surface area contributed by atoms with Gasteiger partial charge in [0.15, 0.2) is 5.96 Å². The summed E-state index contributed by atoms with van der Waals surface area (Å²) in [5.41, 5.74) is 1.56. The molecule has 162 valence electrons. The van der Waals surface area contributed by atoms with Crippen LogP contribution in [-0.2, 0) is 24.1 Å². The van der Waals surface area contributed by atoms with Crippen molar-refractivity contribution < 1.29 is 14.1 Å². The zero-order chi connectivity index (χ0) is 20.4. The number of aryl methyl sites for hydroxylation is 2. The number of hydrogen-bond donors (Lipinski definition) is 2. The van der Waals surface area contributed by atoms with E-state index in [4.69, 9.17) is 9.26 Å². The van der Waals surface area contributed by atoms with E-state index in [0.29, 0.717) is 32.1 Å². The molecular formula is C19H36IN5O3. The van der Waals surface area contributed by atoms with Gasteiger partial charge < -0.3 is 24.8 Å². The second-order valence-corrected chi connectivity index (χ2v) is 7.15. The number of carbonyl (C=O) groups is 1. The van der Waals surface area contributed by atoms with E-state index >= 15 is 0 Å². The highest BCUT2D eigenvalue weighted by Crippen LogP contribution is 2.15. The number of nitrogens with one attached hydrogen (secondary N) is 2. The number of amides is 1. The number of carbonyl (C=O) groups excluding carboxylic acids is 1. The Kier molecular flexibility index (Phi) is 12.1. The first-order valence-corrected chi connectivity index (χ1v) is 9.64. The summed E-state index contributed by atoms with van der Waals surface area (Å²) in [5.74, 6) is 1.57. The first-order chi connectivity index (χ1) is 12.8. The molecule has 0 saturated heterocycles. The van der Waals surface area contributed by atoms with Crippen molar-refractivity contribution in [3.8, 4) is 0 Å². The summed E-state index contributed by atoms with van der Waals surface area (Å²) < 4.78 is 10.8. The van der Waals surface area contributed by atoms with Gasteiger partial charge in [0.05, 0.1) is 5.69 Å². The summed E-state index contributed by atoms with van der Waals surface area (Å²) in [6.45, 7) is 13.9. The van der Waals surface area contributed by atoms with Crippen molar-refractivity contribution in [2.24, 2.45) is 4.99 Å². The van der Waals surface area contributed by atoms with Crippen molar-refractivity contribution in [3.05, 3.63) is 17.0 Å². The van der Waals surface area contributed by atoms with Crippen LogP contribution in [-0.4, -0.2) is 54.4 Å². The van der Waals surface area contributed by atoms with Crippen molar-refractivity contribution in [2.75, 3.05) is 26.7 Å². The second kappa shape index (κ2) is 12.8. The standard InChI is InChI=1S/C19H35N5O3.HI/c1-8-15-14(16(9-2)27-23-15)13-22-17(20-7)21-11-12-24(10-3)18(25)26-19(4,5)6;/h8-13H2,1-7H3,(H2,20,21,22);1H. The summed E-state index contributed by atoms with van der Waals surface area (Å²) in [5, 5.41) is 10.6. The predicted molar refractivity (Wildman–Crippen MR) is 122 cm³/mol. The van der Waals surface area contributed by atoms with Crippen molar-refractivity contribution in [2.45, 2.75) is 66.5 Å². The van der Waals surface area contributed by atoms with Crippen LogP contribution >= 0.6 is 24.0 Å². The minimum atomic E-state index is -0.498. The zero-order valence-corrected chi connectivity index (χ0v) is 20.5. The normalized spacial score (nSPS) is 11.6. The minimum absolute atomic E-state index is 0. The molecule has 0 fully saturated rings. The molecule has 0 atom stereocenters. The molecule has 0 aliphatic heterocycles.